The summed E-state index contributed by atoms with van der Waals surface area (Å²) in [5, 5.41) is 0. The van der Waals surface area contributed by atoms with Gasteiger partial charge in [0.05, 0.1) is 0 Å². The summed E-state index contributed by atoms with van der Waals surface area (Å²) in [5.74, 6) is 0.958. The van der Waals surface area contributed by atoms with Crippen LogP contribution in [-0.2, 0) is 0 Å². The first-order chi connectivity index (χ1) is 7.61. The Morgan fingerprint density at radius 1 is 1.31 bits per heavy atom. The molecule has 0 aromatic rings. The molecule has 0 spiro atoms. The van der Waals surface area contributed by atoms with Crippen LogP contribution >= 0.6 is 0 Å². The zero-order chi connectivity index (χ0) is 12.4. The fourth-order valence-electron chi connectivity index (χ4n) is 2.00. The molecule has 0 heterocycles. The molecule has 0 aromatic carbocycles. The van der Waals surface area contributed by atoms with Crippen molar-refractivity contribution in [3.05, 3.63) is 50.1 Å². The predicted octanol–water partition coefficient (Wildman–Crippen LogP) is 5.30. The van der Waals surface area contributed by atoms with Gasteiger partial charge in [0.1, 0.15) is 0 Å². The SMILES string of the molecule is C=CC=C.C=CCC.CC12C=CC(CC1)C2. The third-order valence-electron chi connectivity index (χ3n) is 3.04. The van der Waals surface area contributed by atoms with E-state index >= 15 is 0 Å². The lowest BCUT2D eigenvalue weighted by Crippen LogP contribution is -2.02. The van der Waals surface area contributed by atoms with Gasteiger partial charge in [-0.2, -0.15) is 0 Å². The Balaban J connectivity index is 0.000000244. The topological polar surface area (TPSA) is 0 Å². The second kappa shape index (κ2) is 8.15. The van der Waals surface area contributed by atoms with Gasteiger partial charge in [0.2, 0.25) is 0 Å². The van der Waals surface area contributed by atoms with E-state index in [4.69, 9.17) is 0 Å². The van der Waals surface area contributed by atoms with Gasteiger partial charge in [0, 0.05) is 0 Å². The van der Waals surface area contributed by atoms with E-state index in [1.54, 1.807) is 12.2 Å². The Hall–Kier alpha value is -1.04. The predicted molar refractivity (Wildman–Crippen MR) is 75.5 cm³/mol. The Morgan fingerprint density at radius 3 is 1.94 bits per heavy atom. The number of fused-ring (bicyclic) bond motifs is 2. The normalized spacial score (nSPS) is 28.2. The summed E-state index contributed by atoms with van der Waals surface area (Å²) >= 11 is 0. The van der Waals surface area contributed by atoms with Crippen molar-refractivity contribution in [2.45, 2.75) is 39.5 Å². The minimum absolute atomic E-state index is 0.630. The van der Waals surface area contributed by atoms with E-state index < -0.39 is 0 Å². The summed E-state index contributed by atoms with van der Waals surface area (Å²) in [4.78, 5) is 0. The number of hydrogen-bond donors (Lipinski definition) is 0. The van der Waals surface area contributed by atoms with E-state index in [0.29, 0.717) is 5.41 Å². The third kappa shape index (κ3) is 5.75. The Morgan fingerprint density at radius 2 is 1.88 bits per heavy atom. The van der Waals surface area contributed by atoms with Crippen LogP contribution in [0.3, 0.4) is 0 Å². The zero-order valence-electron chi connectivity index (χ0n) is 10.9. The van der Waals surface area contributed by atoms with E-state index in [1.165, 1.54) is 19.3 Å². The number of rotatable bonds is 2. The van der Waals surface area contributed by atoms with Gasteiger partial charge >= 0.3 is 0 Å². The van der Waals surface area contributed by atoms with Crippen LogP contribution in [0.5, 0.6) is 0 Å². The van der Waals surface area contributed by atoms with Crippen molar-refractivity contribution in [1.29, 1.82) is 0 Å². The lowest BCUT2D eigenvalue weighted by atomic mass is 9.91. The monoisotopic (exact) mass is 218 g/mol. The summed E-state index contributed by atoms with van der Waals surface area (Å²) in [6, 6.07) is 0. The quantitative estimate of drug-likeness (QED) is 0.435. The molecule has 0 amide bonds. The van der Waals surface area contributed by atoms with Crippen LogP contribution in [0, 0.1) is 11.3 Å². The largest absolute Gasteiger partial charge is 0.103 e. The molecular formula is C16H26. The minimum atomic E-state index is 0.630. The van der Waals surface area contributed by atoms with E-state index in [-0.39, 0.29) is 0 Å². The smallest absolute Gasteiger partial charge is 0.0141 e. The molecule has 0 aromatic heterocycles. The molecular weight excluding hydrogens is 192 g/mol. The zero-order valence-corrected chi connectivity index (χ0v) is 10.9. The van der Waals surface area contributed by atoms with Crippen LogP contribution < -0.4 is 0 Å². The molecule has 0 N–H and O–H groups in total. The average Bonchev–Trinajstić information content (AvgIpc) is 2.87. The van der Waals surface area contributed by atoms with E-state index in [9.17, 15) is 0 Å². The molecule has 2 unspecified atom stereocenters. The fraction of sp³-hybridized carbons (Fsp3) is 0.500. The van der Waals surface area contributed by atoms with Crippen LogP contribution in [0.25, 0.3) is 0 Å². The maximum absolute atomic E-state index is 3.48. The Kier molecular flexibility index (Phi) is 7.62. The molecule has 0 heteroatoms. The molecule has 0 radical (unpaired) electrons. The van der Waals surface area contributed by atoms with Crippen LogP contribution in [0.1, 0.15) is 39.5 Å². The first kappa shape index (κ1) is 15.0. The van der Waals surface area contributed by atoms with Gasteiger partial charge in [-0.15, -0.1) is 6.58 Å². The van der Waals surface area contributed by atoms with Crippen molar-refractivity contribution in [1.82, 2.24) is 0 Å². The van der Waals surface area contributed by atoms with Crippen molar-refractivity contribution >= 4 is 0 Å². The second-order valence-corrected chi connectivity index (χ2v) is 4.68. The highest BCUT2D eigenvalue weighted by Gasteiger charge is 2.36. The molecule has 0 nitrogen and oxygen atoms in total. The third-order valence-corrected chi connectivity index (χ3v) is 3.04. The van der Waals surface area contributed by atoms with E-state index in [1.807, 2.05) is 6.08 Å². The van der Waals surface area contributed by atoms with Gasteiger partial charge in [-0.3, -0.25) is 0 Å². The molecule has 90 valence electrons. The van der Waals surface area contributed by atoms with Gasteiger partial charge in [0.15, 0.2) is 0 Å². The molecule has 2 atom stereocenters. The summed E-state index contributed by atoms with van der Waals surface area (Å²) < 4.78 is 0. The van der Waals surface area contributed by atoms with Crippen LogP contribution in [0.4, 0.5) is 0 Å². The molecule has 1 saturated carbocycles. The molecule has 0 saturated heterocycles. The lowest BCUT2D eigenvalue weighted by molar-refractivity contribution is 0.455. The van der Waals surface area contributed by atoms with Crippen molar-refractivity contribution in [3.8, 4) is 0 Å². The summed E-state index contributed by atoms with van der Waals surface area (Å²) in [5.41, 5.74) is 0.630. The van der Waals surface area contributed by atoms with Crippen molar-refractivity contribution in [2.24, 2.45) is 11.3 Å². The van der Waals surface area contributed by atoms with E-state index in [0.717, 1.165) is 12.3 Å². The molecule has 16 heavy (non-hydrogen) atoms. The highest BCUT2D eigenvalue weighted by Crippen LogP contribution is 2.48. The van der Waals surface area contributed by atoms with Gasteiger partial charge in [-0.25, -0.2) is 0 Å². The van der Waals surface area contributed by atoms with Gasteiger partial charge in [0.25, 0.3) is 0 Å². The van der Waals surface area contributed by atoms with Gasteiger partial charge < -0.3 is 0 Å². The molecule has 1 fully saturated rings. The first-order valence-corrected chi connectivity index (χ1v) is 6.15. The Labute approximate surface area is 101 Å². The minimum Gasteiger partial charge on any atom is -0.103 e. The van der Waals surface area contributed by atoms with Gasteiger partial charge in [-0.1, -0.05) is 57.4 Å². The highest BCUT2D eigenvalue weighted by atomic mass is 14.4. The second-order valence-electron chi connectivity index (χ2n) is 4.68. The molecule has 2 aliphatic carbocycles. The molecule has 2 aliphatic rings. The van der Waals surface area contributed by atoms with Crippen molar-refractivity contribution in [2.75, 3.05) is 0 Å². The molecule has 2 rings (SSSR count). The fourth-order valence-corrected chi connectivity index (χ4v) is 2.00. The summed E-state index contributed by atoms with van der Waals surface area (Å²) in [7, 11) is 0. The number of allylic oxidation sites excluding steroid dienone is 5. The average molecular weight is 218 g/mol. The maximum Gasteiger partial charge on any atom is -0.0141 e. The summed E-state index contributed by atoms with van der Waals surface area (Å²) in [6.45, 7) is 14.6. The Bertz CT molecular complexity index is 241. The van der Waals surface area contributed by atoms with Crippen molar-refractivity contribution < 1.29 is 0 Å². The highest BCUT2D eigenvalue weighted by molar-refractivity contribution is 5.13. The standard InChI is InChI=1S/C8H12.C4H8.C4H6/c1-8-4-2-7(6-8)3-5-8;2*1-3-4-2/h2,4,7H,3,5-6H2,1H3;3H,1,4H2,2H3;3-4H,1-2H2. The molecule has 0 aliphatic heterocycles. The summed E-state index contributed by atoms with van der Waals surface area (Å²) in [6.07, 6.45) is 15.4. The maximum atomic E-state index is 3.48. The first-order valence-electron chi connectivity index (χ1n) is 6.15. The van der Waals surface area contributed by atoms with Crippen LogP contribution in [0.2, 0.25) is 0 Å². The number of hydrogen-bond acceptors (Lipinski definition) is 0. The van der Waals surface area contributed by atoms with Crippen LogP contribution in [0.15, 0.2) is 50.1 Å². The van der Waals surface area contributed by atoms with Crippen molar-refractivity contribution in [3.63, 3.8) is 0 Å². The van der Waals surface area contributed by atoms with Gasteiger partial charge in [-0.05, 0) is 37.0 Å². The molecule has 2 bridgehead atoms. The lowest BCUT2D eigenvalue weighted by Gasteiger charge is -2.14. The van der Waals surface area contributed by atoms with E-state index in [2.05, 4.69) is 45.7 Å². The van der Waals surface area contributed by atoms with Crippen LogP contribution in [-0.4, -0.2) is 0 Å².